The SMILES string of the molecule is Cc1ccc([C@@H](CNC(=O)C(=O)N[C@H](C)c2ccccc2)N2CCN(C)CC2)cc1. The Labute approximate surface area is 179 Å². The predicted molar refractivity (Wildman–Crippen MR) is 119 cm³/mol. The van der Waals surface area contributed by atoms with Crippen LogP contribution in [0.3, 0.4) is 0 Å². The molecule has 0 aromatic heterocycles. The van der Waals surface area contributed by atoms with E-state index >= 15 is 0 Å². The Morgan fingerprint density at radius 1 is 0.900 bits per heavy atom. The molecule has 30 heavy (non-hydrogen) atoms. The molecule has 0 bridgehead atoms. The van der Waals surface area contributed by atoms with E-state index in [9.17, 15) is 9.59 Å². The largest absolute Gasteiger partial charge is 0.346 e. The smallest absolute Gasteiger partial charge is 0.309 e. The van der Waals surface area contributed by atoms with Gasteiger partial charge in [0.15, 0.2) is 0 Å². The van der Waals surface area contributed by atoms with Crippen molar-refractivity contribution >= 4 is 11.8 Å². The van der Waals surface area contributed by atoms with E-state index < -0.39 is 11.8 Å². The minimum Gasteiger partial charge on any atom is -0.346 e. The van der Waals surface area contributed by atoms with Gasteiger partial charge in [-0.2, -0.15) is 0 Å². The fourth-order valence-electron chi connectivity index (χ4n) is 3.74. The maximum absolute atomic E-state index is 12.5. The van der Waals surface area contributed by atoms with Gasteiger partial charge in [-0.05, 0) is 32.0 Å². The van der Waals surface area contributed by atoms with Gasteiger partial charge >= 0.3 is 11.8 Å². The van der Waals surface area contributed by atoms with Crippen LogP contribution in [-0.2, 0) is 9.59 Å². The standard InChI is InChI=1S/C24H32N4O2/c1-18-9-11-21(12-10-18)22(28-15-13-27(3)14-16-28)17-25-23(29)24(30)26-19(2)20-7-5-4-6-8-20/h4-12,19,22H,13-17H2,1-3H3,(H,25,29)(H,26,30)/t19-,22-/m1/s1. The monoisotopic (exact) mass is 408 g/mol. The number of likely N-dealkylation sites (N-methyl/N-ethyl adjacent to an activating group) is 1. The number of rotatable bonds is 6. The molecule has 1 fully saturated rings. The molecular weight excluding hydrogens is 376 g/mol. The maximum Gasteiger partial charge on any atom is 0.309 e. The number of nitrogens with one attached hydrogen (secondary N) is 2. The highest BCUT2D eigenvalue weighted by atomic mass is 16.2. The third kappa shape index (κ3) is 5.90. The van der Waals surface area contributed by atoms with Gasteiger partial charge in [0, 0.05) is 32.7 Å². The molecule has 0 spiro atoms. The molecule has 1 aliphatic heterocycles. The van der Waals surface area contributed by atoms with Crippen LogP contribution < -0.4 is 10.6 Å². The first-order valence-electron chi connectivity index (χ1n) is 10.6. The summed E-state index contributed by atoms with van der Waals surface area (Å²) in [4.78, 5) is 29.6. The summed E-state index contributed by atoms with van der Waals surface area (Å²) in [7, 11) is 2.12. The molecule has 2 atom stereocenters. The lowest BCUT2D eigenvalue weighted by Gasteiger charge is -2.38. The van der Waals surface area contributed by atoms with Crippen molar-refractivity contribution in [1.29, 1.82) is 0 Å². The van der Waals surface area contributed by atoms with E-state index in [1.165, 1.54) is 5.56 Å². The number of nitrogens with zero attached hydrogens (tertiary/aromatic N) is 2. The number of benzene rings is 2. The summed E-state index contributed by atoms with van der Waals surface area (Å²) in [5.41, 5.74) is 3.33. The van der Waals surface area contributed by atoms with Gasteiger partial charge in [0.1, 0.15) is 0 Å². The van der Waals surface area contributed by atoms with E-state index in [2.05, 4.69) is 58.7 Å². The lowest BCUT2D eigenvalue weighted by Crippen LogP contribution is -2.49. The van der Waals surface area contributed by atoms with Crippen LogP contribution in [0.2, 0.25) is 0 Å². The van der Waals surface area contributed by atoms with Crippen molar-refractivity contribution in [3.05, 3.63) is 71.3 Å². The molecule has 2 aromatic carbocycles. The summed E-state index contributed by atoms with van der Waals surface area (Å²) in [6, 6.07) is 17.9. The van der Waals surface area contributed by atoms with E-state index in [0.717, 1.165) is 37.3 Å². The van der Waals surface area contributed by atoms with Crippen LogP contribution in [0.15, 0.2) is 54.6 Å². The molecule has 0 unspecified atom stereocenters. The van der Waals surface area contributed by atoms with Crippen molar-refractivity contribution in [2.75, 3.05) is 39.8 Å². The molecule has 1 saturated heterocycles. The average molecular weight is 409 g/mol. The zero-order chi connectivity index (χ0) is 21.5. The Morgan fingerprint density at radius 2 is 1.53 bits per heavy atom. The average Bonchev–Trinajstić information content (AvgIpc) is 2.76. The highest BCUT2D eigenvalue weighted by Gasteiger charge is 2.25. The quantitative estimate of drug-likeness (QED) is 0.720. The number of amides is 2. The maximum atomic E-state index is 12.5. The van der Waals surface area contributed by atoms with Gasteiger partial charge in [0.05, 0.1) is 12.1 Å². The van der Waals surface area contributed by atoms with Crippen LogP contribution in [0.4, 0.5) is 0 Å². The van der Waals surface area contributed by atoms with Gasteiger partial charge in [0.2, 0.25) is 0 Å². The Kier molecular flexibility index (Phi) is 7.60. The summed E-state index contributed by atoms with van der Waals surface area (Å²) < 4.78 is 0. The minimum atomic E-state index is -0.604. The molecule has 0 saturated carbocycles. The lowest BCUT2D eigenvalue weighted by molar-refractivity contribution is -0.139. The fraction of sp³-hybridized carbons (Fsp3) is 0.417. The van der Waals surface area contributed by atoms with Crippen molar-refractivity contribution in [2.24, 2.45) is 0 Å². The van der Waals surface area contributed by atoms with Gasteiger partial charge in [0.25, 0.3) is 0 Å². The minimum absolute atomic E-state index is 0.0441. The molecule has 0 aliphatic carbocycles. The number of hydrogen-bond acceptors (Lipinski definition) is 4. The van der Waals surface area contributed by atoms with Gasteiger partial charge in [-0.15, -0.1) is 0 Å². The molecule has 160 valence electrons. The second-order valence-electron chi connectivity index (χ2n) is 8.08. The third-order valence-corrected chi connectivity index (χ3v) is 5.75. The Balaban J connectivity index is 1.62. The molecule has 2 amide bonds. The number of piperazine rings is 1. The van der Waals surface area contributed by atoms with Crippen LogP contribution in [0.1, 0.15) is 35.7 Å². The topological polar surface area (TPSA) is 64.7 Å². The summed E-state index contributed by atoms with van der Waals surface area (Å²) in [6.07, 6.45) is 0. The van der Waals surface area contributed by atoms with Crippen molar-refractivity contribution in [3.63, 3.8) is 0 Å². The van der Waals surface area contributed by atoms with Gasteiger partial charge < -0.3 is 15.5 Å². The normalized spacial score (nSPS) is 17.2. The molecule has 6 nitrogen and oxygen atoms in total. The number of carbonyl (C=O) groups excluding carboxylic acids is 2. The Morgan fingerprint density at radius 3 is 2.17 bits per heavy atom. The number of carbonyl (C=O) groups is 2. The van der Waals surface area contributed by atoms with E-state index in [4.69, 9.17) is 0 Å². The van der Waals surface area contributed by atoms with Gasteiger partial charge in [-0.25, -0.2) is 0 Å². The van der Waals surface area contributed by atoms with Crippen LogP contribution >= 0.6 is 0 Å². The van der Waals surface area contributed by atoms with E-state index in [1.807, 2.05) is 37.3 Å². The molecule has 6 heteroatoms. The van der Waals surface area contributed by atoms with Crippen molar-refractivity contribution in [2.45, 2.75) is 25.9 Å². The molecule has 0 radical (unpaired) electrons. The Bertz CT molecular complexity index is 830. The first-order chi connectivity index (χ1) is 14.4. The third-order valence-electron chi connectivity index (χ3n) is 5.75. The molecule has 2 aromatic rings. The first-order valence-corrected chi connectivity index (χ1v) is 10.6. The fourth-order valence-corrected chi connectivity index (χ4v) is 3.74. The summed E-state index contributed by atoms with van der Waals surface area (Å²) >= 11 is 0. The van der Waals surface area contributed by atoms with E-state index in [-0.39, 0.29) is 12.1 Å². The van der Waals surface area contributed by atoms with Crippen molar-refractivity contribution in [1.82, 2.24) is 20.4 Å². The van der Waals surface area contributed by atoms with Crippen molar-refractivity contribution < 1.29 is 9.59 Å². The highest BCUT2D eigenvalue weighted by Crippen LogP contribution is 2.22. The molecule has 3 rings (SSSR count). The van der Waals surface area contributed by atoms with E-state index in [0.29, 0.717) is 6.54 Å². The molecule has 1 aliphatic rings. The van der Waals surface area contributed by atoms with Crippen LogP contribution in [0.25, 0.3) is 0 Å². The van der Waals surface area contributed by atoms with Gasteiger partial charge in [-0.3, -0.25) is 14.5 Å². The molecule has 2 N–H and O–H groups in total. The zero-order valence-corrected chi connectivity index (χ0v) is 18.1. The summed E-state index contributed by atoms with van der Waals surface area (Å²) in [5.74, 6) is -1.20. The second kappa shape index (κ2) is 10.4. The van der Waals surface area contributed by atoms with Crippen LogP contribution in [0, 0.1) is 6.92 Å². The molecule has 1 heterocycles. The van der Waals surface area contributed by atoms with Crippen LogP contribution in [0.5, 0.6) is 0 Å². The first kappa shape index (κ1) is 22.0. The number of hydrogen-bond donors (Lipinski definition) is 2. The lowest BCUT2D eigenvalue weighted by atomic mass is 10.0. The number of aryl methyl sites for hydroxylation is 1. The zero-order valence-electron chi connectivity index (χ0n) is 18.1. The van der Waals surface area contributed by atoms with Crippen molar-refractivity contribution in [3.8, 4) is 0 Å². The van der Waals surface area contributed by atoms with Gasteiger partial charge in [-0.1, -0.05) is 60.2 Å². The highest BCUT2D eigenvalue weighted by molar-refractivity contribution is 6.35. The summed E-state index contributed by atoms with van der Waals surface area (Å²) in [5, 5.41) is 5.64. The summed E-state index contributed by atoms with van der Waals surface area (Å²) in [6.45, 7) is 8.19. The molecular formula is C24H32N4O2. The van der Waals surface area contributed by atoms with E-state index in [1.54, 1.807) is 0 Å². The predicted octanol–water partition coefficient (Wildman–Crippen LogP) is 2.28. The Hall–Kier alpha value is -2.70. The van der Waals surface area contributed by atoms with Crippen LogP contribution in [-0.4, -0.2) is 61.4 Å². The second-order valence-corrected chi connectivity index (χ2v) is 8.08.